The Kier molecular flexibility index (Phi) is 5.92. The van der Waals surface area contributed by atoms with E-state index in [-0.39, 0.29) is 11.8 Å². The predicted molar refractivity (Wildman–Crippen MR) is 137 cm³/mol. The lowest BCUT2D eigenvalue weighted by molar-refractivity contribution is -0.134. The van der Waals surface area contributed by atoms with Gasteiger partial charge >= 0.3 is 0 Å². The predicted octanol–water partition coefficient (Wildman–Crippen LogP) is 5.12. The molecule has 7 nitrogen and oxygen atoms in total. The summed E-state index contributed by atoms with van der Waals surface area (Å²) >= 11 is 1.63. The van der Waals surface area contributed by atoms with Crippen LogP contribution in [0.15, 0.2) is 24.3 Å². The van der Waals surface area contributed by atoms with Gasteiger partial charge in [0.1, 0.15) is 0 Å². The lowest BCUT2D eigenvalue weighted by Crippen LogP contribution is -2.50. The third-order valence-corrected chi connectivity index (χ3v) is 10.9. The Hall–Kier alpha value is -2.12. The van der Waals surface area contributed by atoms with E-state index in [9.17, 15) is 19.2 Å². The van der Waals surface area contributed by atoms with E-state index in [0.717, 1.165) is 58.9 Å². The largest absolute Gasteiger partial charge is 0.369 e. The minimum atomic E-state index is -2.43. The number of hydrogen-bond acceptors (Lipinski definition) is 7. The molecule has 5 rings (SSSR count). The van der Waals surface area contributed by atoms with Gasteiger partial charge in [0.05, 0.1) is 39.1 Å². The monoisotopic (exact) mass is 500 g/mol. The molecule has 2 unspecified atom stereocenters. The fourth-order valence-corrected chi connectivity index (χ4v) is 8.52. The van der Waals surface area contributed by atoms with Crippen molar-refractivity contribution < 1.29 is 13.9 Å². The van der Waals surface area contributed by atoms with E-state index in [1.165, 1.54) is 0 Å². The molecule has 2 atom stereocenters. The molecule has 3 fully saturated rings. The van der Waals surface area contributed by atoms with Crippen LogP contribution in [0.25, 0.3) is 11.3 Å². The number of aryl methyl sites for hydroxylation is 1. The van der Waals surface area contributed by atoms with Gasteiger partial charge in [-0.3, -0.25) is 13.9 Å². The van der Waals surface area contributed by atoms with Crippen LogP contribution in [0, 0.1) is 29.1 Å². The highest BCUT2D eigenvalue weighted by atomic mass is 32.3. The molecule has 1 aromatic carbocycles. The van der Waals surface area contributed by atoms with Crippen molar-refractivity contribution in [2.45, 2.75) is 51.4 Å². The van der Waals surface area contributed by atoms with E-state index in [0.29, 0.717) is 31.0 Å². The second kappa shape index (κ2) is 8.52. The van der Waals surface area contributed by atoms with Gasteiger partial charge in [0, 0.05) is 35.1 Å². The van der Waals surface area contributed by atoms with Crippen LogP contribution in [-0.4, -0.2) is 44.6 Å². The number of carbonyl (C=O) groups excluding carboxylic acids is 1. The maximum atomic E-state index is 13.0. The van der Waals surface area contributed by atoms with E-state index in [1.807, 2.05) is 6.92 Å². The van der Waals surface area contributed by atoms with Gasteiger partial charge in [-0.05, 0) is 44.7 Å². The smallest absolute Gasteiger partial charge is 0.225 e. The molecule has 0 radical (unpaired) electrons. The summed E-state index contributed by atoms with van der Waals surface area (Å²) in [5.41, 5.74) is 7.58. The first kappa shape index (κ1) is 23.6. The number of primary amides is 1. The molecule has 3 aliphatic rings. The van der Waals surface area contributed by atoms with E-state index in [2.05, 4.69) is 35.2 Å². The number of thiazole rings is 1. The topological polar surface area (TPSA) is 123 Å². The van der Waals surface area contributed by atoms with E-state index >= 15 is 0 Å². The lowest BCUT2D eigenvalue weighted by atomic mass is 9.57. The fraction of sp³-hybridized carbons (Fsp3) is 0.560. The molecule has 182 valence electrons. The van der Waals surface area contributed by atoms with Crippen molar-refractivity contribution >= 4 is 33.5 Å². The first-order valence-corrected chi connectivity index (χ1v) is 14.7. The van der Waals surface area contributed by atoms with E-state index in [1.54, 1.807) is 11.3 Å². The molecule has 1 aromatic heterocycles. The van der Waals surface area contributed by atoms with Crippen molar-refractivity contribution in [1.29, 1.82) is 5.26 Å². The minimum absolute atomic E-state index is 0.0888. The minimum Gasteiger partial charge on any atom is -0.369 e. The van der Waals surface area contributed by atoms with Crippen molar-refractivity contribution in [2.75, 3.05) is 29.5 Å². The molecule has 1 saturated heterocycles. The summed E-state index contributed by atoms with van der Waals surface area (Å²) in [5.74, 6) is 0.386. The van der Waals surface area contributed by atoms with Crippen molar-refractivity contribution in [3.05, 3.63) is 34.2 Å². The number of carbonyl (C=O) groups is 1. The van der Waals surface area contributed by atoms with Crippen LogP contribution in [-0.2, 0) is 4.79 Å². The Morgan fingerprint density at radius 2 is 1.88 bits per heavy atom. The first-order chi connectivity index (χ1) is 16.2. The molecule has 2 aromatic rings. The maximum Gasteiger partial charge on any atom is 0.225 e. The van der Waals surface area contributed by atoms with Crippen LogP contribution in [0.2, 0.25) is 0 Å². The number of nitrogens with zero attached hydrogens (tertiary/aromatic N) is 3. The highest BCUT2D eigenvalue weighted by Gasteiger charge is 2.67. The molecule has 1 amide bonds. The van der Waals surface area contributed by atoms with Gasteiger partial charge in [0.2, 0.25) is 5.91 Å². The van der Waals surface area contributed by atoms with E-state index in [4.69, 9.17) is 10.7 Å². The molecule has 0 bridgehead atoms. The number of anilines is 1. The molecule has 4 N–H and O–H groups in total. The molecule has 2 saturated carbocycles. The second-order valence-corrected chi connectivity index (χ2v) is 13.7. The zero-order valence-corrected chi connectivity index (χ0v) is 21.1. The first-order valence-electron chi connectivity index (χ1n) is 12.0. The third kappa shape index (κ3) is 3.81. The Labute approximate surface area is 206 Å². The van der Waals surface area contributed by atoms with Gasteiger partial charge in [0.25, 0.3) is 0 Å². The Morgan fingerprint density at radius 3 is 2.47 bits per heavy atom. The number of hydrogen-bond donors (Lipinski definition) is 3. The van der Waals surface area contributed by atoms with Gasteiger partial charge in [0.15, 0.2) is 0 Å². The Balaban J connectivity index is 1.49. The molecule has 9 heteroatoms. The zero-order valence-electron chi connectivity index (χ0n) is 19.5. The third-order valence-electron chi connectivity index (χ3n) is 8.13. The lowest BCUT2D eigenvalue weighted by Gasteiger charge is -2.45. The van der Waals surface area contributed by atoms with Crippen molar-refractivity contribution in [1.82, 2.24) is 4.98 Å². The van der Waals surface area contributed by atoms with Crippen LogP contribution < -0.4 is 10.6 Å². The van der Waals surface area contributed by atoms with Crippen molar-refractivity contribution in [3.8, 4) is 17.3 Å². The summed E-state index contributed by atoms with van der Waals surface area (Å²) in [6.07, 6.45) is 4.94. The summed E-state index contributed by atoms with van der Waals surface area (Å²) in [4.78, 5) is 21.2. The standard InChI is InChI=1S/C25H32N4O3S2/c1-17-28-21(18-5-7-19(8-6-18)29-12-14-34(31,32)15-13-29)22(33-17)20-4-2-3-9-25(20,23(27)30)24(16-26)10-11-24/h5-8,20,31-32H,2-4,9-15H2,1H3,(H2,27,30). The van der Waals surface area contributed by atoms with Crippen LogP contribution in [0.5, 0.6) is 0 Å². The van der Waals surface area contributed by atoms with E-state index < -0.39 is 21.4 Å². The van der Waals surface area contributed by atoms with Gasteiger partial charge < -0.3 is 10.6 Å². The summed E-state index contributed by atoms with van der Waals surface area (Å²) in [5, 5.41) is 11.0. The molecule has 1 aliphatic heterocycles. The van der Waals surface area contributed by atoms with Gasteiger partial charge in [-0.1, -0.05) is 25.0 Å². The summed E-state index contributed by atoms with van der Waals surface area (Å²) in [6, 6.07) is 10.7. The summed E-state index contributed by atoms with van der Waals surface area (Å²) in [7, 11) is -2.43. The summed E-state index contributed by atoms with van der Waals surface area (Å²) in [6.45, 7) is 3.24. The number of nitrogens with two attached hydrogens (primary N) is 1. The Morgan fingerprint density at radius 1 is 1.21 bits per heavy atom. The number of rotatable bonds is 5. The molecule has 0 spiro atoms. The normalized spacial score (nSPS) is 28.6. The van der Waals surface area contributed by atoms with Gasteiger partial charge in [-0.15, -0.1) is 11.3 Å². The number of benzene rings is 1. The molecule has 34 heavy (non-hydrogen) atoms. The molecule has 2 heterocycles. The van der Waals surface area contributed by atoms with Crippen LogP contribution >= 0.6 is 21.9 Å². The number of nitriles is 1. The number of amides is 1. The summed E-state index contributed by atoms with van der Waals surface area (Å²) < 4.78 is 19.8. The highest BCUT2D eigenvalue weighted by Crippen LogP contribution is 2.68. The van der Waals surface area contributed by atoms with Crippen molar-refractivity contribution in [2.24, 2.45) is 16.6 Å². The van der Waals surface area contributed by atoms with Crippen molar-refractivity contribution in [3.63, 3.8) is 0 Å². The highest BCUT2D eigenvalue weighted by molar-refractivity contribution is 8.24. The maximum absolute atomic E-state index is 13.0. The zero-order chi connectivity index (χ0) is 24.1. The molecular weight excluding hydrogens is 468 g/mol. The number of aromatic nitrogens is 1. The molecule has 2 aliphatic carbocycles. The van der Waals surface area contributed by atoms with Gasteiger partial charge in [-0.2, -0.15) is 15.9 Å². The van der Waals surface area contributed by atoms with Crippen LogP contribution in [0.1, 0.15) is 54.3 Å². The average molecular weight is 501 g/mol. The average Bonchev–Trinajstić information content (AvgIpc) is 3.54. The van der Waals surface area contributed by atoms with Crippen LogP contribution in [0.4, 0.5) is 5.69 Å². The fourth-order valence-electron chi connectivity index (χ4n) is 6.11. The van der Waals surface area contributed by atoms with Gasteiger partial charge in [-0.25, -0.2) is 4.98 Å². The van der Waals surface area contributed by atoms with Crippen LogP contribution in [0.3, 0.4) is 0 Å². The SMILES string of the molecule is Cc1nc(-c2ccc(N3CCS(O)(O)CC3)cc2)c(C2CCCCC2(C(N)=O)C2(C#N)CC2)s1. The Bertz CT molecular complexity index is 1130. The quantitative estimate of drug-likeness (QED) is 0.523. The molecular formula is C25H32N4O3S2. The second-order valence-electron chi connectivity index (χ2n) is 10.0.